The van der Waals surface area contributed by atoms with Gasteiger partial charge in [-0.05, 0) is 32.4 Å². The van der Waals surface area contributed by atoms with Gasteiger partial charge in [-0.25, -0.2) is 0 Å². The molecule has 1 atom stereocenters. The van der Waals surface area contributed by atoms with E-state index in [0.717, 1.165) is 16.8 Å². The van der Waals surface area contributed by atoms with Crippen LogP contribution in [0.2, 0.25) is 5.02 Å². The van der Waals surface area contributed by atoms with E-state index in [9.17, 15) is 9.59 Å². The summed E-state index contributed by atoms with van der Waals surface area (Å²) in [5.41, 5.74) is 2.42. The number of aromatic nitrogens is 1. The molecule has 25 heavy (non-hydrogen) atoms. The summed E-state index contributed by atoms with van der Waals surface area (Å²) in [6.45, 7) is 6.08. The molecule has 2 heterocycles. The zero-order chi connectivity index (χ0) is 18.1. The topological polar surface area (TPSA) is 66.7 Å². The zero-order valence-corrected chi connectivity index (χ0v) is 15.2. The molecule has 1 aromatic heterocycles. The predicted octanol–water partition coefficient (Wildman–Crippen LogP) is 2.70. The third-order valence-corrected chi connectivity index (χ3v) is 4.98. The summed E-state index contributed by atoms with van der Waals surface area (Å²) in [4.78, 5) is 28.5. The molecule has 2 amide bonds. The highest BCUT2D eigenvalue weighted by atomic mass is 35.5. The van der Waals surface area contributed by atoms with Gasteiger partial charge in [-0.1, -0.05) is 35.0 Å². The normalized spacial score (nSPS) is 18.2. The van der Waals surface area contributed by atoms with Gasteiger partial charge in [0.05, 0.1) is 12.2 Å². The van der Waals surface area contributed by atoms with Crippen molar-refractivity contribution in [3.8, 4) is 0 Å². The van der Waals surface area contributed by atoms with Crippen LogP contribution in [0.4, 0.5) is 0 Å². The molecule has 2 aromatic rings. The minimum absolute atomic E-state index is 0.0395. The molecule has 0 spiro atoms. The number of nitrogens with zero attached hydrogens (tertiary/aromatic N) is 3. The number of carbonyl (C=O) groups excluding carboxylic acids is 2. The number of aryl methyl sites for hydroxylation is 2. The average Bonchev–Trinajstić information content (AvgIpc) is 2.89. The number of hydrogen-bond acceptors (Lipinski definition) is 4. The van der Waals surface area contributed by atoms with Gasteiger partial charge in [-0.2, -0.15) is 0 Å². The van der Waals surface area contributed by atoms with Crippen molar-refractivity contribution in [3.63, 3.8) is 0 Å². The van der Waals surface area contributed by atoms with Crippen LogP contribution in [0.5, 0.6) is 0 Å². The largest absolute Gasteiger partial charge is 0.361 e. The summed E-state index contributed by atoms with van der Waals surface area (Å²) >= 11 is 6.17. The van der Waals surface area contributed by atoms with Crippen LogP contribution in [-0.4, -0.2) is 39.4 Å². The van der Waals surface area contributed by atoms with Crippen molar-refractivity contribution in [2.75, 3.05) is 6.54 Å². The monoisotopic (exact) mass is 361 g/mol. The summed E-state index contributed by atoms with van der Waals surface area (Å²) in [5.74, 6) is 0.480. The Morgan fingerprint density at radius 2 is 1.96 bits per heavy atom. The first-order valence-corrected chi connectivity index (χ1v) is 8.49. The molecular weight excluding hydrogens is 342 g/mol. The molecule has 7 heteroatoms. The number of piperazine rings is 1. The minimum Gasteiger partial charge on any atom is -0.361 e. The maximum atomic E-state index is 12.7. The number of benzene rings is 1. The minimum atomic E-state index is -0.544. The fraction of sp³-hybridized carbons (Fsp3) is 0.389. The summed E-state index contributed by atoms with van der Waals surface area (Å²) in [5, 5.41) is 4.50. The summed E-state index contributed by atoms with van der Waals surface area (Å²) < 4.78 is 5.15. The molecule has 0 saturated carbocycles. The lowest BCUT2D eigenvalue weighted by Gasteiger charge is -2.38. The second kappa shape index (κ2) is 6.88. The molecule has 1 aliphatic heterocycles. The molecule has 1 saturated heterocycles. The standard InChI is InChI=1S/C18H20ClN3O3/c1-11-15(13(3)25-20-11)9-22-12(2)18(24)21(10-17(22)23)8-14-6-4-5-7-16(14)19/h4-7,12H,8-10H2,1-3H3/t12-/m0/s1. The average molecular weight is 362 g/mol. The van der Waals surface area contributed by atoms with Gasteiger partial charge in [0, 0.05) is 17.1 Å². The molecule has 0 unspecified atom stereocenters. The van der Waals surface area contributed by atoms with Crippen molar-refractivity contribution in [1.82, 2.24) is 15.0 Å². The summed E-state index contributed by atoms with van der Waals surface area (Å²) in [7, 11) is 0. The first kappa shape index (κ1) is 17.5. The number of halogens is 1. The van der Waals surface area contributed by atoms with Crippen LogP contribution in [0, 0.1) is 13.8 Å². The highest BCUT2D eigenvalue weighted by Crippen LogP contribution is 2.23. The Bertz CT molecular complexity index is 798. The molecule has 0 radical (unpaired) electrons. The van der Waals surface area contributed by atoms with Gasteiger partial charge in [-0.15, -0.1) is 0 Å². The lowest BCUT2D eigenvalue weighted by molar-refractivity contribution is -0.156. The van der Waals surface area contributed by atoms with Crippen molar-refractivity contribution in [2.45, 2.75) is 39.9 Å². The predicted molar refractivity (Wildman–Crippen MR) is 92.9 cm³/mol. The molecule has 1 fully saturated rings. The van der Waals surface area contributed by atoms with Crippen LogP contribution in [0.3, 0.4) is 0 Å². The number of carbonyl (C=O) groups is 2. The number of rotatable bonds is 4. The van der Waals surface area contributed by atoms with Crippen molar-refractivity contribution >= 4 is 23.4 Å². The molecule has 0 bridgehead atoms. The Labute approximate surface area is 151 Å². The van der Waals surface area contributed by atoms with E-state index in [1.54, 1.807) is 29.7 Å². The maximum absolute atomic E-state index is 12.7. The lowest BCUT2D eigenvalue weighted by atomic mass is 10.1. The third kappa shape index (κ3) is 3.39. The molecule has 0 N–H and O–H groups in total. The Morgan fingerprint density at radius 3 is 2.60 bits per heavy atom. The van der Waals surface area contributed by atoms with Gasteiger partial charge in [0.2, 0.25) is 11.8 Å². The van der Waals surface area contributed by atoms with Crippen LogP contribution in [0.25, 0.3) is 0 Å². The van der Waals surface area contributed by atoms with Crippen molar-refractivity contribution < 1.29 is 14.1 Å². The van der Waals surface area contributed by atoms with E-state index >= 15 is 0 Å². The van der Waals surface area contributed by atoms with Crippen LogP contribution in [0.1, 0.15) is 29.5 Å². The van der Waals surface area contributed by atoms with Crippen molar-refractivity contribution in [1.29, 1.82) is 0 Å². The van der Waals surface area contributed by atoms with E-state index in [0.29, 0.717) is 23.9 Å². The molecule has 1 aromatic carbocycles. The van der Waals surface area contributed by atoms with Gasteiger partial charge in [0.1, 0.15) is 18.3 Å². The lowest BCUT2D eigenvalue weighted by Crippen LogP contribution is -2.58. The fourth-order valence-electron chi connectivity index (χ4n) is 3.03. The Hall–Kier alpha value is -2.34. The molecule has 1 aliphatic rings. The molecule has 3 rings (SSSR count). The van der Waals surface area contributed by atoms with E-state index in [-0.39, 0.29) is 18.4 Å². The van der Waals surface area contributed by atoms with Gasteiger partial charge < -0.3 is 14.3 Å². The molecule has 0 aliphatic carbocycles. The first-order chi connectivity index (χ1) is 11.9. The maximum Gasteiger partial charge on any atom is 0.245 e. The molecule has 132 valence electrons. The highest BCUT2D eigenvalue weighted by Gasteiger charge is 2.37. The van der Waals surface area contributed by atoms with Gasteiger partial charge in [-0.3, -0.25) is 9.59 Å². The van der Waals surface area contributed by atoms with Crippen molar-refractivity contribution in [2.24, 2.45) is 0 Å². The highest BCUT2D eigenvalue weighted by molar-refractivity contribution is 6.31. The van der Waals surface area contributed by atoms with Crippen LogP contribution in [-0.2, 0) is 22.7 Å². The SMILES string of the molecule is Cc1noc(C)c1CN1C(=O)CN(Cc2ccccc2Cl)C(=O)[C@@H]1C. The summed E-state index contributed by atoms with van der Waals surface area (Å²) in [6, 6.07) is 6.80. The van der Waals surface area contributed by atoms with E-state index < -0.39 is 6.04 Å². The zero-order valence-electron chi connectivity index (χ0n) is 14.5. The molecule has 6 nitrogen and oxygen atoms in total. The number of amides is 2. The number of hydrogen-bond donors (Lipinski definition) is 0. The first-order valence-electron chi connectivity index (χ1n) is 8.12. The van der Waals surface area contributed by atoms with E-state index in [1.807, 2.05) is 25.1 Å². The van der Waals surface area contributed by atoms with Crippen LogP contribution in [0.15, 0.2) is 28.8 Å². The van der Waals surface area contributed by atoms with Crippen LogP contribution >= 0.6 is 11.6 Å². The van der Waals surface area contributed by atoms with E-state index in [2.05, 4.69) is 5.16 Å². The smallest absolute Gasteiger partial charge is 0.245 e. The third-order valence-electron chi connectivity index (χ3n) is 4.61. The fourth-order valence-corrected chi connectivity index (χ4v) is 3.23. The van der Waals surface area contributed by atoms with E-state index in [1.165, 1.54) is 0 Å². The van der Waals surface area contributed by atoms with E-state index in [4.69, 9.17) is 16.1 Å². The van der Waals surface area contributed by atoms with Gasteiger partial charge in [0.25, 0.3) is 0 Å². The quantitative estimate of drug-likeness (QED) is 0.839. The van der Waals surface area contributed by atoms with Gasteiger partial charge >= 0.3 is 0 Å². The summed E-state index contributed by atoms with van der Waals surface area (Å²) in [6.07, 6.45) is 0. The molecular formula is C18H20ClN3O3. The Morgan fingerprint density at radius 1 is 1.24 bits per heavy atom. The second-order valence-electron chi connectivity index (χ2n) is 6.29. The van der Waals surface area contributed by atoms with Crippen LogP contribution < -0.4 is 0 Å². The Kier molecular flexibility index (Phi) is 4.81. The van der Waals surface area contributed by atoms with Gasteiger partial charge in [0.15, 0.2) is 0 Å². The Balaban J connectivity index is 1.77. The van der Waals surface area contributed by atoms with Crippen molar-refractivity contribution in [3.05, 3.63) is 51.9 Å². The second-order valence-corrected chi connectivity index (χ2v) is 6.69.